The van der Waals surface area contributed by atoms with Gasteiger partial charge in [0.25, 0.3) is 0 Å². The van der Waals surface area contributed by atoms with Crippen LogP contribution in [0.3, 0.4) is 0 Å². The van der Waals surface area contributed by atoms with Crippen LogP contribution in [0.5, 0.6) is 5.75 Å². The molecule has 7 heteroatoms. The summed E-state index contributed by atoms with van der Waals surface area (Å²) in [5.74, 6) is -1.43. The first-order chi connectivity index (χ1) is 11.7. The molecule has 0 amide bonds. The minimum atomic E-state index is -1.47. The molecule has 0 radical (unpaired) electrons. The lowest BCUT2D eigenvalue weighted by atomic mass is 9.94. The fourth-order valence-corrected chi connectivity index (χ4v) is 2.59. The monoisotopic (exact) mass is 408 g/mol. The molecule has 1 rings (SSSR count). The van der Waals surface area contributed by atoms with Crippen LogP contribution in [-0.4, -0.2) is 18.5 Å². The van der Waals surface area contributed by atoms with Gasteiger partial charge < -0.3 is 9.47 Å². The summed E-state index contributed by atoms with van der Waals surface area (Å²) in [5.41, 5.74) is -1.47. The van der Waals surface area contributed by atoms with Crippen molar-refractivity contribution in [2.45, 2.75) is 52.9 Å². The molecule has 0 aliphatic heterocycles. The molecule has 0 saturated carbocycles. The highest BCUT2D eigenvalue weighted by Crippen LogP contribution is 2.36. The summed E-state index contributed by atoms with van der Waals surface area (Å²) in [4.78, 5) is 24.6. The third kappa shape index (κ3) is 6.69. The summed E-state index contributed by atoms with van der Waals surface area (Å²) in [6, 6.07) is 2.80. The molecule has 0 spiro atoms. The Labute approximate surface area is 163 Å². The zero-order chi connectivity index (χ0) is 19.0. The number of carbonyl (C=O) groups excluding carboxylic acids is 2. The Bertz CT molecular complexity index is 615. The van der Waals surface area contributed by atoms with E-state index in [-0.39, 0.29) is 27.4 Å². The van der Waals surface area contributed by atoms with E-state index in [1.165, 1.54) is 26.0 Å². The molecule has 0 aromatic heterocycles. The molecule has 1 aromatic rings. The van der Waals surface area contributed by atoms with E-state index < -0.39 is 17.4 Å². The number of hydrogen-bond donors (Lipinski definition) is 0. The van der Waals surface area contributed by atoms with E-state index in [0.29, 0.717) is 0 Å². The zero-order valence-electron chi connectivity index (χ0n) is 14.7. The number of unbranched alkanes of at least 4 members (excludes halogenated alkanes) is 4. The topological polar surface area (TPSA) is 52.6 Å². The largest absolute Gasteiger partial charge is 0.465 e. The number of rotatable bonds is 9. The second-order valence-electron chi connectivity index (χ2n) is 6.26. The number of ether oxygens (including phenoxy) is 2. The number of benzene rings is 1. The fourth-order valence-electron chi connectivity index (χ4n) is 1.97. The van der Waals surface area contributed by atoms with E-state index >= 15 is 0 Å². The van der Waals surface area contributed by atoms with Crippen molar-refractivity contribution < 1.29 is 19.1 Å². The highest BCUT2D eigenvalue weighted by Gasteiger charge is 2.40. The molecule has 0 bridgehead atoms. The third-order valence-corrected chi connectivity index (χ3v) is 4.67. The molecule has 140 valence electrons. The van der Waals surface area contributed by atoms with E-state index in [9.17, 15) is 9.59 Å². The SMILES string of the molecule is CCCCCCCOC(=O)C(C)(C)C(=O)Oc1cc(Cl)cc(Cl)c1Cl. The van der Waals surface area contributed by atoms with Crippen LogP contribution in [0.2, 0.25) is 15.1 Å². The van der Waals surface area contributed by atoms with Crippen molar-refractivity contribution in [3.63, 3.8) is 0 Å². The standard InChI is InChI=1S/C18H23Cl3O4/c1-4-5-6-7-8-9-24-16(22)18(2,3)17(23)25-14-11-12(19)10-13(20)15(14)21/h10-11H,4-9H2,1-3H3. The Hall–Kier alpha value is -0.970. The van der Waals surface area contributed by atoms with Crippen LogP contribution < -0.4 is 4.74 Å². The average Bonchev–Trinajstić information content (AvgIpc) is 2.54. The smallest absolute Gasteiger partial charge is 0.328 e. The summed E-state index contributed by atoms with van der Waals surface area (Å²) in [5, 5.41) is 0.480. The molecule has 25 heavy (non-hydrogen) atoms. The van der Waals surface area contributed by atoms with Crippen molar-refractivity contribution in [2.75, 3.05) is 6.61 Å². The first-order valence-electron chi connectivity index (χ1n) is 8.24. The third-order valence-electron chi connectivity index (χ3n) is 3.66. The minimum Gasteiger partial charge on any atom is -0.465 e. The summed E-state index contributed by atoms with van der Waals surface area (Å²) >= 11 is 17.8. The zero-order valence-corrected chi connectivity index (χ0v) is 16.9. The molecule has 4 nitrogen and oxygen atoms in total. The van der Waals surface area contributed by atoms with Crippen LogP contribution in [0.25, 0.3) is 0 Å². The highest BCUT2D eigenvalue weighted by atomic mass is 35.5. The van der Waals surface area contributed by atoms with Crippen LogP contribution >= 0.6 is 34.8 Å². The van der Waals surface area contributed by atoms with Crippen molar-refractivity contribution in [3.8, 4) is 5.75 Å². The molecule has 1 aromatic carbocycles. The Morgan fingerprint density at radius 3 is 2.28 bits per heavy atom. The van der Waals surface area contributed by atoms with Crippen molar-refractivity contribution in [1.82, 2.24) is 0 Å². The summed E-state index contributed by atoms with van der Waals surface area (Å²) < 4.78 is 10.4. The van der Waals surface area contributed by atoms with E-state index in [0.717, 1.165) is 32.1 Å². The van der Waals surface area contributed by atoms with Gasteiger partial charge in [-0.2, -0.15) is 0 Å². The summed E-state index contributed by atoms with van der Waals surface area (Å²) in [6.07, 6.45) is 5.17. The Kier molecular flexibility index (Phi) is 9.04. The average molecular weight is 410 g/mol. The van der Waals surface area contributed by atoms with Gasteiger partial charge in [-0.1, -0.05) is 67.4 Å². The molecule has 0 saturated heterocycles. The van der Waals surface area contributed by atoms with Gasteiger partial charge in [0.2, 0.25) is 0 Å². The van der Waals surface area contributed by atoms with E-state index in [2.05, 4.69) is 6.92 Å². The second kappa shape index (κ2) is 10.2. The van der Waals surface area contributed by atoms with E-state index in [1.807, 2.05) is 0 Å². The minimum absolute atomic E-state index is 0.00427. The number of halogens is 3. The van der Waals surface area contributed by atoms with Crippen LogP contribution in [-0.2, 0) is 14.3 Å². The predicted molar refractivity (Wildman–Crippen MR) is 101 cm³/mol. The van der Waals surface area contributed by atoms with Gasteiger partial charge in [0.1, 0.15) is 5.02 Å². The van der Waals surface area contributed by atoms with Gasteiger partial charge in [-0.3, -0.25) is 9.59 Å². The van der Waals surface area contributed by atoms with Gasteiger partial charge in [0.15, 0.2) is 11.2 Å². The first kappa shape index (κ1) is 22.1. The number of esters is 2. The Morgan fingerprint density at radius 1 is 1.00 bits per heavy atom. The molecule has 0 aliphatic rings. The molecule has 0 heterocycles. The van der Waals surface area contributed by atoms with Gasteiger partial charge >= 0.3 is 11.9 Å². The van der Waals surface area contributed by atoms with E-state index in [1.54, 1.807) is 0 Å². The van der Waals surface area contributed by atoms with Crippen LogP contribution in [0.4, 0.5) is 0 Å². The van der Waals surface area contributed by atoms with Gasteiger partial charge in [0, 0.05) is 11.1 Å². The number of carbonyl (C=O) groups is 2. The van der Waals surface area contributed by atoms with Gasteiger partial charge in [0.05, 0.1) is 11.6 Å². The van der Waals surface area contributed by atoms with Gasteiger partial charge in [-0.25, -0.2) is 0 Å². The molecule has 0 atom stereocenters. The van der Waals surface area contributed by atoms with Crippen molar-refractivity contribution in [1.29, 1.82) is 0 Å². The maximum atomic E-state index is 12.4. The Balaban J connectivity index is 2.62. The van der Waals surface area contributed by atoms with Crippen molar-refractivity contribution >= 4 is 46.7 Å². The van der Waals surface area contributed by atoms with E-state index in [4.69, 9.17) is 44.3 Å². The molecule has 0 unspecified atom stereocenters. The van der Waals surface area contributed by atoms with Crippen molar-refractivity contribution in [2.24, 2.45) is 5.41 Å². The summed E-state index contributed by atoms with van der Waals surface area (Å²) in [7, 11) is 0. The molecular formula is C18H23Cl3O4. The quantitative estimate of drug-likeness (QED) is 0.163. The lowest BCUT2D eigenvalue weighted by molar-refractivity contribution is -0.164. The maximum Gasteiger partial charge on any atom is 0.328 e. The predicted octanol–water partition coefficient (Wildman–Crippen LogP) is 6.09. The second-order valence-corrected chi connectivity index (χ2v) is 7.49. The first-order valence-corrected chi connectivity index (χ1v) is 9.37. The fraction of sp³-hybridized carbons (Fsp3) is 0.556. The lowest BCUT2D eigenvalue weighted by Gasteiger charge is -2.21. The summed E-state index contributed by atoms with van der Waals surface area (Å²) in [6.45, 7) is 5.29. The molecular weight excluding hydrogens is 387 g/mol. The molecule has 0 fully saturated rings. The molecule has 0 N–H and O–H groups in total. The lowest BCUT2D eigenvalue weighted by Crippen LogP contribution is -2.38. The van der Waals surface area contributed by atoms with Gasteiger partial charge in [-0.15, -0.1) is 0 Å². The van der Waals surface area contributed by atoms with Crippen molar-refractivity contribution in [3.05, 3.63) is 27.2 Å². The van der Waals surface area contributed by atoms with Gasteiger partial charge in [-0.05, 0) is 26.3 Å². The van der Waals surface area contributed by atoms with Crippen LogP contribution in [0.15, 0.2) is 12.1 Å². The van der Waals surface area contributed by atoms with Crippen LogP contribution in [0.1, 0.15) is 52.9 Å². The normalized spacial score (nSPS) is 11.3. The highest BCUT2D eigenvalue weighted by molar-refractivity contribution is 6.44. The number of hydrogen-bond acceptors (Lipinski definition) is 4. The van der Waals surface area contributed by atoms with Crippen LogP contribution in [0, 0.1) is 5.41 Å². The molecule has 0 aliphatic carbocycles. The Morgan fingerprint density at radius 2 is 1.64 bits per heavy atom. The maximum absolute atomic E-state index is 12.4.